The molecule has 2 aliphatic heterocycles. The highest BCUT2D eigenvalue weighted by Crippen LogP contribution is 2.40. The van der Waals surface area contributed by atoms with Gasteiger partial charge in [0.25, 0.3) is 0 Å². The highest BCUT2D eigenvalue weighted by atomic mass is 28.3. The van der Waals surface area contributed by atoms with E-state index in [4.69, 9.17) is 9.47 Å². The molecule has 0 N–H and O–H groups in total. The van der Waals surface area contributed by atoms with E-state index in [0.29, 0.717) is 0 Å². The number of rotatable bonds is 4. The maximum atomic E-state index is 4.94. The Morgan fingerprint density at radius 3 is 0.600 bits per heavy atom. The molecule has 0 aliphatic carbocycles. The number of hydrogen-bond donors (Lipinski definition) is 0. The van der Waals surface area contributed by atoms with E-state index in [1.807, 2.05) is 0 Å². The molecule has 9 aromatic rings. The first kappa shape index (κ1) is 57.7. The second-order valence-electron chi connectivity index (χ2n) is 25.4. The molecule has 11 rings (SSSR count). The van der Waals surface area contributed by atoms with Crippen molar-refractivity contribution >= 4 is 96.1 Å². The lowest BCUT2D eigenvalue weighted by molar-refractivity contribution is 0.198. The van der Waals surface area contributed by atoms with Crippen LogP contribution in [-0.2, 0) is 9.47 Å². The van der Waals surface area contributed by atoms with Gasteiger partial charge in [0.1, 0.15) is 0 Å². The summed E-state index contributed by atoms with van der Waals surface area (Å²) in [6.07, 6.45) is 5.11. The largest absolute Gasteiger partial charge is 0.381 e. The van der Waals surface area contributed by atoms with Crippen LogP contribution in [-0.4, -0.2) is 58.7 Å². The molecule has 0 radical (unpaired) electrons. The van der Waals surface area contributed by atoms with Crippen LogP contribution in [0.5, 0.6) is 0 Å². The predicted octanol–water partition coefficient (Wildman–Crippen LogP) is 15.7. The molecule has 0 spiro atoms. The summed E-state index contributed by atoms with van der Waals surface area (Å²) >= 11 is 0. The summed E-state index contributed by atoms with van der Waals surface area (Å²) in [6, 6.07) is 56.6. The van der Waals surface area contributed by atoms with Crippen LogP contribution in [0, 0.1) is 47.4 Å². The van der Waals surface area contributed by atoms with Crippen LogP contribution in [0.15, 0.2) is 158 Å². The summed E-state index contributed by atoms with van der Waals surface area (Å²) in [5.41, 5.74) is 8.04. The Morgan fingerprint density at radius 2 is 0.438 bits per heavy atom. The van der Waals surface area contributed by atoms with Gasteiger partial charge in [-0.05, 0) is 129 Å². The normalized spacial score (nSPS) is 13.3. The first-order chi connectivity index (χ1) is 38.3. The summed E-state index contributed by atoms with van der Waals surface area (Å²) in [6.45, 7) is 33.8. The van der Waals surface area contributed by atoms with Crippen molar-refractivity contribution in [3.63, 3.8) is 0 Å². The minimum Gasteiger partial charge on any atom is -0.381 e. The molecule has 9 aromatic carbocycles. The van der Waals surface area contributed by atoms with Gasteiger partial charge in [0.2, 0.25) is 0 Å². The van der Waals surface area contributed by atoms with E-state index in [1.165, 1.54) is 46.4 Å². The molecule has 0 bridgehead atoms. The van der Waals surface area contributed by atoms with Crippen LogP contribution < -0.4 is 20.7 Å². The van der Waals surface area contributed by atoms with E-state index in [0.717, 1.165) is 114 Å². The number of hydrogen-bond acceptors (Lipinski definition) is 2. The van der Waals surface area contributed by atoms with Crippen molar-refractivity contribution in [2.75, 3.05) is 26.4 Å². The van der Waals surface area contributed by atoms with Gasteiger partial charge in [-0.15, -0.1) is 0 Å². The molecule has 0 atom stereocenters. The third kappa shape index (κ3) is 13.8. The monoisotopic (exact) mass is 1110 g/mol. The summed E-state index contributed by atoms with van der Waals surface area (Å²) in [5.74, 6) is 30.0. The highest BCUT2D eigenvalue weighted by Gasteiger charge is 2.32. The highest BCUT2D eigenvalue weighted by molar-refractivity contribution is 6.99. The topological polar surface area (TPSA) is 18.5 Å². The summed E-state index contributed by atoms with van der Waals surface area (Å²) in [5, 5.41) is 15.0. The van der Waals surface area contributed by atoms with Gasteiger partial charge in [-0.25, -0.2) is 0 Å². The Labute approximate surface area is 482 Å². The average molecular weight is 1110 g/mol. The maximum absolute atomic E-state index is 4.94. The molecule has 0 saturated carbocycles. The smallest absolute Gasteiger partial charge is 0.0774 e. The Balaban J connectivity index is 0.000000698. The van der Waals surface area contributed by atoms with Crippen LogP contribution in [0.25, 0.3) is 43.1 Å². The lowest BCUT2D eigenvalue weighted by Gasteiger charge is -2.30. The van der Waals surface area contributed by atoms with Crippen molar-refractivity contribution in [3.05, 3.63) is 202 Å². The predicted molar refractivity (Wildman–Crippen MR) is 358 cm³/mol. The SMILES string of the molecule is C1CCOC1.C1CCOC1.C[Si](C)(C)c1cc2c(C#Cc3ccccc3)c3cc4c(C#Cc5ccccc5)c5cc([Si](C)(C)C)c([Si](C)(C)C)cc5c(C#Cc5ccccc5)c4cc3c(C#Cc3ccccc3)c2cc1[Si](C)(C)C. The second-order valence-corrected chi connectivity index (χ2v) is 45.6. The zero-order chi connectivity index (χ0) is 56.7. The maximum Gasteiger partial charge on any atom is 0.0774 e. The number of fused-ring (bicyclic) bond motifs is 4. The Hall–Kier alpha value is -6.95. The van der Waals surface area contributed by atoms with Crippen molar-refractivity contribution < 1.29 is 9.47 Å². The van der Waals surface area contributed by atoms with E-state index < -0.39 is 32.3 Å². The van der Waals surface area contributed by atoms with E-state index >= 15 is 0 Å². The second kappa shape index (κ2) is 24.8. The molecule has 2 aliphatic rings. The van der Waals surface area contributed by atoms with Crippen molar-refractivity contribution in [2.24, 2.45) is 0 Å². The van der Waals surface area contributed by atoms with E-state index in [1.54, 1.807) is 0 Å². The molecule has 2 saturated heterocycles. The Morgan fingerprint density at radius 1 is 0.250 bits per heavy atom. The third-order valence-corrected chi connectivity index (χ3v) is 23.6. The minimum atomic E-state index is -1.86. The zero-order valence-electron chi connectivity index (χ0n) is 49.5. The molecule has 0 amide bonds. The number of benzene rings is 9. The molecule has 0 aromatic heterocycles. The van der Waals surface area contributed by atoms with E-state index in [2.05, 4.69) is 284 Å². The first-order valence-corrected chi connectivity index (χ1v) is 42.8. The third-order valence-electron chi connectivity index (χ3n) is 14.9. The lowest BCUT2D eigenvalue weighted by atomic mass is 9.86. The fourth-order valence-electron chi connectivity index (χ4n) is 10.7. The van der Waals surface area contributed by atoms with E-state index in [9.17, 15) is 0 Å². The van der Waals surface area contributed by atoms with Gasteiger partial charge in [-0.1, -0.05) is 244 Å². The molecular formula is C74H78O2Si4. The van der Waals surface area contributed by atoms with Crippen molar-refractivity contribution in [3.8, 4) is 47.4 Å². The molecule has 2 heterocycles. The summed E-state index contributed by atoms with van der Waals surface area (Å²) in [4.78, 5) is 0. The standard InChI is InChI=1S/C66H62Si4.2C4H8O/c1-67(2,3)63-43-59-51(37-33-47-25-17-13-18-26-47)55-41-57-53(39-35-49-29-21-15-22-30-49)61-45-65(69(7,8)9)66(70(10,11)12)46-62(61)54(40-36-50-31-23-16-24-32-50)58(57)42-56(55)52(38-34-48-27-19-14-20-28-48)60(59)44-64(63)68(4,5)6;2*1-2-4-5-3-1/h13-32,41-46H,1-12H3;2*1-4H2. The van der Waals surface area contributed by atoms with Gasteiger partial charge in [0, 0.05) is 70.9 Å². The van der Waals surface area contributed by atoms with Crippen LogP contribution in [0.1, 0.15) is 70.2 Å². The zero-order valence-corrected chi connectivity index (χ0v) is 53.5. The first-order valence-electron chi connectivity index (χ1n) is 28.8. The van der Waals surface area contributed by atoms with Crippen LogP contribution in [0.3, 0.4) is 0 Å². The van der Waals surface area contributed by atoms with E-state index in [-0.39, 0.29) is 0 Å². The van der Waals surface area contributed by atoms with Gasteiger partial charge in [0.15, 0.2) is 0 Å². The van der Waals surface area contributed by atoms with Crippen molar-refractivity contribution in [1.29, 1.82) is 0 Å². The number of ether oxygens (including phenoxy) is 2. The van der Waals surface area contributed by atoms with Crippen LogP contribution in [0.4, 0.5) is 0 Å². The molecular weight excluding hydrogens is 1030 g/mol. The van der Waals surface area contributed by atoms with Gasteiger partial charge >= 0.3 is 0 Å². The Bertz CT molecular complexity index is 3440. The van der Waals surface area contributed by atoms with Crippen LogP contribution >= 0.6 is 0 Å². The summed E-state index contributed by atoms with van der Waals surface area (Å²) < 4.78 is 9.89. The molecule has 2 fully saturated rings. The van der Waals surface area contributed by atoms with Crippen molar-refractivity contribution in [2.45, 2.75) is 104 Å². The lowest BCUT2D eigenvalue weighted by Crippen LogP contribution is -2.56. The fraction of sp³-hybridized carbons (Fsp3) is 0.270. The van der Waals surface area contributed by atoms with Gasteiger partial charge < -0.3 is 9.47 Å². The van der Waals surface area contributed by atoms with Crippen molar-refractivity contribution in [1.82, 2.24) is 0 Å². The molecule has 402 valence electrons. The quantitative estimate of drug-likeness (QED) is 0.0993. The summed E-state index contributed by atoms with van der Waals surface area (Å²) in [7, 11) is -7.43. The Kier molecular flexibility index (Phi) is 17.9. The molecule has 6 heteroatoms. The fourth-order valence-corrected chi connectivity index (χ4v) is 21.0. The molecule has 0 unspecified atom stereocenters. The van der Waals surface area contributed by atoms with Gasteiger partial charge in [-0.2, -0.15) is 0 Å². The molecule has 2 nitrogen and oxygen atoms in total. The van der Waals surface area contributed by atoms with Gasteiger partial charge in [0.05, 0.1) is 32.3 Å². The minimum absolute atomic E-state index is 0.984. The molecule has 80 heavy (non-hydrogen) atoms. The average Bonchev–Trinajstić information content (AvgIpc) is 4.19. The van der Waals surface area contributed by atoms with Crippen LogP contribution in [0.2, 0.25) is 78.6 Å². The van der Waals surface area contributed by atoms with Gasteiger partial charge in [-0.3, -0.25) is 0 Å².